The molecule has 162 valence electrons. The van der Waals surface area contributed by atoms with Crippen LogP contribution in [0.2, 0.25) is 0 Å². The topological polar surface area (TPSA) is 64.1 Å². The summed E-state index contributed by atoms with van der Waals surface area (Å²) in [6.07, 6.45) is 7.37. The van der Waals surface area contributed by atoms with Gasteiger partial charge < -0.3 is 24.8 Å². The standard InChI is InChI=1S/C23H37N3O3/c1-18-7-8-19(21(14-18)29-16-20-6-4-12-28-20)15-25-22(24-2)26-17-23(9-5-10-23)11-13-27-3/h7-8,14,20H,4-6,9-13,15-17H2,1-3H3,(H2,24,25,26). The third-order valence-electron chi connectivity index (χ3n) is 6.22. The predicted octanol–water partition coefficient (Wildman–Crippen LogP) is 3.42. The van der Waals surface area contributed by atoms with E-state index in [0.717, 1.165) is 56.3 Å². The first-order valence-electron chi connectivity index (χ1n) is 10.9. The average molecular weight is 404 g/mol. The normalized spacial score (nSPS) is 20.9. The lowest BCUT2D eigenvalue weighted by molar-refractivity contribution is 0.0676. The molecule has 0 aromatic heterocycles. The van der Waals surface area contributed by atoms with Crippen LogP contribution in [0.1, 0.15) is 49.7 Å². The second-order valence-corrected chi connectivity index (χ2v) is 8.43. The number of aliphatic imine (C=N–C) groups is 1. The van der Waals surface area contributed by atoms with Crippen molar-refractivity contribution in [2.45, 2.75) is 58.1 Å². The zero-order valence-electron chi connectivity index (χ0n) is 18.3. The van der Waals surface area contributed by atoms with E-state index in [1.54, 1.807) is 7.11 Å². The number of guanidine groups is 1. The lowest BCUT2D eigenvalue weighted by Gasteiger charge is -2.42. The first-order chi connectivity index (χ1) is 14.1. The van der Waals surface area contributed by atoms with Crippen molar-refractivity contribution in [3.8, 4) is 5.75 Å². The molecule has 1 saturated carbocycles. The van der Waals surface area contributed by atoms with Crippen LogP contribution in [0.4, 0.5) is 0 Å². The van der Waals surface area contributed by atoms with E-state index in [1.165, 1.54) is 24.8 Å². The largest absolute Gasteiger partial charge is 0.491 e. The molecule has 0 amide bonds. The Hall–Kier alpha value is -1.79. The fourth-order valence-electron chi connectivity index (χ4n) is 4.08. The van der Waals surface area contributed by atoms with Gasteiger partial charge in [0.1, 0.15) is 12.4 Å². The van der Waals surface area contributed by atoms with E-state index in [4.69, 9.17) is 14.2 Å². The highest BCUT2D eigenvalue weighted by atomic mass is 16.5. The number of methoxy groups -OCH3 is 1. The van der Waals surface area contributed by atoms with Crippen LogP contribution in [-0.4, -0.2) is 52.6 Å². The molecule has 1 aliphatic heterocycles. The maximum absolute atomic E-state index is 6.11. The number of benzene rings is 1. The number of nitrogens with zero attached hydrogens (tertiary/aromatic N) is 1. The maximum Gasteiger partial charge on any atom is 0.191 e. The highest BCUT2D eigenvalue weighted by molar-refractivity contribution is 5.79. The summed E-state index contributed by atoms with van der Waals surface area (Å²) in [4.78, 5) is 4.40. The molecule has 0 spiro atoms. The molecule has 0 bridgehead atoms. The first-order valence-corrected chi connectivity index (χ1v) is 10.9. The molecule has 29 heavy (non-hydrogen) atoms. The lowest BCUT2D eigenvalue weighted by Crippen LogP contribution is -2.46. The van der Waals surface area contributed by atoms with Gasteiger partial charge in [0.15, 0.2) is 5.96 Å². The summed E-state index contributed by atoms with van der Waals surface area (Å²) in [6.45, 7) is 5.99. The molecule has 2 N–H and O–H groups in total. The van der Waals surface area contributed by atoms with Crippen LogP contribution >= 0.6 is 0 Å². The smallest absolute Gasteiger partial charge is 0.191 e. The molecule has 1 heterocycles. The molecular formula is C23H37N3O3. The van der Waals surface area contributed by atoms with Crippen LogP contribution in [0, 0.1) is 12.3 Å². The van der Waals surface area contributed by atoms with Gasteiger partial charge in [-0.2, -0.15) is 0 Å². The minimum atomic E-state index is 0.219. The maximum atomic E-state index is 6.11. The number of rotatable bonds is 10. The van der Waals surface area contributed by atoms with E-state index in [0.29, 0.717) is 18.6 Å². The van der Waals surface area contributed by atoms with Crippen molar-refractivity contribution in [2.75, 3.05) is 40.5 Å². The van der Waals surface area contributed by atoms with Crippen LogP contribution in [0.15, 0.2) is 23.2 Å². The second-order valence-electron chi connectivity index (χ2n) is 8.43. The molecule has 1 aromatic rings. The minimum absolute atomic E-state index is 0.219. The van der Waals surface area contributed by atoms with Gasteiger partial charge in [0.05, 0.1) is 6.10 Å². The van der Waals surface area contributed by atoms with Crippen LogP contribution in [0.5, 0.6) is 5.75 Å². The van der Waals surface area contributed by atoms with Crippen molar-refractivity contribution >= 4 is 5.96 Å². The van der Waals surface area contributed by atoms with Gasteiger partial charge in [-0.05, 0) is 56.1 Å². The molecule has 1 aliphatic carbocycles. The van der Waals surface area contributed by atoms with Crippen molar-refractivity contribution in [3.63, 3.8) is 0 Å². The summed E-state index contributed by atoms with van der Waals surface area (Å²) in [6, 6.07) is 6.36. The van der Waals surface area contributed by atoms with Gasteiger partial charge in [0.25, 0.3) is 0 Å². The van der Waals surface area contributed by atoms with Gasteiger partial charge in [0.2, 0.25) is 0 Å². The van der Waals surface area contributed by atoms with E-state index >= 15 is 0 Å². The summed E-state index contributed by atoms with van der Waals surface area (Å²) < 4.78 is 17.1. The number of hydrogen-bond acceptors (Lipinski definition) is 4. The molecular weight excluding hydrogens is 366 g/mol. The van der Waals surface area contributed by atoms with E-state index in [2.05, 4.69) is 40.7 Å². The molecule has 1 atom stereocenters. The van der Waals surface area contributed by atoms with Crippen molar-refractivity contribution in [2.24, 2.45) is 10.4 Å². The molecule has 0 radical (unpaired) electrons. The number of nitrogens with one attached hydrogen (secondary N) is 2. The van der Waals surface area contributed by atoms with Gasteiger partial charge in [-0.3, -0.25) is 4.99 Å². The van der Waals surface area contributed by atoms with E-state index in [-0.39, 0.29) is 6.10 Å². The van der Waals surface area contributed by atoms with Gasteiger partial charge in [-0.15, -0.1) is 0 Å². The van der Waals surface area contributed by atoms with Crippen LogP contribution in [0.3, 0.4) is 0 Å². The molecule has 1 saturated heterocycles. The molecule has 6 heteroatoms. The van der Waals surface area contributed by atoms with Gasteiger partial charge in [0, 0.05) is 46.0 Å². The summed E-state index contributed by atoms with van der Waals surface area (Å²) in [5, 5.41) is 6.97. The Bertz CT molecular complexity index is 667. The molecule has 6 nitrogen and oxygen atoms in total. The van der Waals surface area contributed by atoms with Crippen molar-refractivity contribution in [3.05, 3.63) is 29.3 Å². The van der Waals surface area contributed by atoms with Crippen molar-refractivity contribution in [1.82, 2.24) is 10.6 Å². The molecule has 3 rings (SSSR count). The summed E-state index contributed by atoms with van der Waals surface area (Å²) in [5.74, 6) is 1.76. The van der Waals surface area contributed by atoms with Crippen LogP contribution in [-0.2, 0) is 16.0 Å². The third kappa shape index (κ3) is 6.34. The number of aryl methyl sites for hydroxylation is 1. The van der Waals surface area contributed by atoms with Crippen LogP contribution in [0.25, 0.3) is 0 Å². The summed E-state index contributed by atoms with van der Waals surface area (Å²) >= 11 is 0. The van der Waals surface area contributed by atoms with Crippen molar-refractivity contribution in [1.29, 1.82) is 0 Å². The Morgan fingerprint density at radius 2 is 2.14 bits per heavy atom. The number of ether oxygens (including phenoxy) is 3. The predicted molar refractivity (Wildman–Crippen MR) is 117 cm³/mol. The molecule has 1 aromatic carbocycles. The quantitative estimate of drug-likeness (QED) is 0.463. The Labute approximate surface area is 175 Å². The fraction of sp³-hybridized carbons (Fsp3) is 0.696. The summed E-state index contributed by atoms with van der Waals surface area (Å²) in [7, 11) is 3.60. The van der Waals surface area contributed by atoms with E-state index in [1.807, 2.05) is 7.05 Å². The molecule has 2 aliphatic rings. The minimum Gasteiger partial charge on any atom is -0.491 e. The zero-order chi connectivity index (χ0) is 20.5. The summed E-state index contributed by atoms with van der Waals surface area (Å²) in [5.41, 5.74) is 2.69. The molecule has 1 unspecified atom stereocenters. The van der Waals surface area contributed by atoms with Crippen LogP contribution < -0.4 is 15.4 Å². The SMILES string of the molecule is CN=C(NCc1ccc(C)cc1OCC1CCCO1)NCC1(CCOC)CCC1. The van der Waals surface area contributed by atoms with E-state index in [9.17, 15) is 0 Å². The Morgan fingerprint density at radius 3 is 2.79 bits per heavy atom. The van der Waals surface area contributed by atoms with Crippen molar-refractivity contribution < 1.29 is 14.2 Å². The number of hydrogen-bond donors (Lipinski definition) is 2. The highest BCUT2D eigenvalue weighted by Crippen LogP contribution is 2.43. The Balaban J connectivity index is 1.52. The third-order valence-corrected chi connectivity index (χ3v) is 6.22. The van der Waals surface area contributed by atoms with Gasteiger partial charge >= 0.3 is 0 Å². The fourth-order valence-corrected chi connectivity index (χ4v) is 4.08. The monoisotopic (exact) mass is 403 g/mol. The Kier molecular flexibility index (Phi) is 8.19. The molecule has 2 fully saturated rings. The first kappa shape index (κ1) is 21.9. The van der Waals surface area contributed by atoms with E-state index < -0.39 is 0 Å². The highest BCUT2D eigenvalue weighted by Gasteiger charge is 2.36. The second kappa shape index (κ2) is 10.8. The lowest BCUT2D eigenvalue weighted by atomic mass is 9.67. The average Bonchev–Trinajstić information content (AvgIpc) is 3.22. The zero-order valence-corrected chi connectivity index (χ0v) is 18.3. The van der Waals surface area contributed by atoms with Gasteiger partial charge in [-0.1, -0.05) is 18.6 Å². The Morgan fingerprint density at radius 1 is 1.28 bits per heavy atom. The van der Waals surface area contributed by atoms with Gasteiger partial charge in [-0.25, -0.2) is 0 Å².